The molecule has 48 heavy (non-hydrogen) atoms. The van der Waals surface area contributed by atoms with Crippen molar-refractivity contribution in [3.8, 4) is 11.3 Å². The van der Waals surface area contributed by atoms with E-state index in [4.69, 9.17) is 15.0 Å². The van der Waals surface area contributed by atoms with Gasteiger partial charge < -0.3 is 10.6 Å². The largest absolute Gasteiger partial charge is 0.687 e. The third kappa shape index (κ3) is 5.08. The number of rotatable bonds is 5. The molecule has 5 aromatic rings. The minimum absolute atomic E-state index is 0.329. The third-order valence-corrected chi connectivity index (χ3v) is 9.65. The first-order valence-corrected chi connectivity index (χ1v) is 16.8. The Morgan fingerprint density at radius 2 is 1.40 bits per heavy atom. The summed E-state index contributed by atoms with van der Waals surface area (Å²) in [6.45, 7) is 0.702. The number of allylic oxidation sites excluding steroid dienone is 4. The second-order valence-corrected chi connectivity index (χ2v) is 12.6. The highest BCUT2D eigenvalue weighted by atomic mass is 15.2. The van der Waals surface area contributed by atoms with E-state index in [-0.39, 0.29) is 6.17 Å². The van der Waals surface area contributed by atoms with E-state index in [0.29, 0.717) is 6.54 Å². The molecule has 1 atom stereocenters. The molecule has 2 aliphatic carbocycles. The molecule has 4 aliphatic rings. The predicted octanol–water partition coefficient (Wildman–Crippen LogP) is 9.60. The van der Waals surface area contributed by atoms with Crippen LogP contribution in [0.2, 0.25) is 0 Å². The van der Waals surface area contributed by atoms with E-state index < -0.39 is 0 Å². The zero-order valence-electron chi connectivity index (χ0n) is 26.6. The van der Waals surface area contributed by atoms with Gasteiger partial charge in [0, 0.05) is 38.7 Å². The van der Waals surface area contributed by atoms with E-state index in [1.54, 1.807) is 0 Å². The number of hydrogen-bond acceptors (Lipinski definition) is 4. The molecule has 0 fully saturated rings. The first-order chi connectivity index (χ1) is 23.8. The van der Waals surface area contributed by atoms with Gasteiger partial charge in [0.15, 0.2) is 6.17 Å². The maximum atomic E-state index is 5.40. The molecule has 232 valence electrons. The van der Waals surface area contributed by atoms with Crippen molar-refractivity contribution in [3.05, 3.63) is 171 Å². The van der Waals surface area contributed by atoms with Crippen molar-refractivity contribution >= 4 is 40.2 Å². The van der Waals surface area contributed by atoms with Gasteiger partial charge in [-0.15, -0.1) is 6.54 Å². The third-order valence-electron chi connectivity index (χ3n) is 9.65. The molecule has 2 aliphatic heterocycles. The molecule has 4 aromatic carbocycles. The number of amidine groups is 2. The average Bonchev–Trinajstić information content (AvgIpc) is 3.18. The van der Waals surface area contributed by atoms with Crippen LogP contribution in [0.15, 0.2) is 131 Å². The summed E-state index contributed by atoms with van der Waals surface area (Å²) >= 11 is 0. The highest BCUT2D eigenvalue weighted by molar-refractivity contribution is 6.16. The fourth-order valence-corrected chi connectivity index (χ4v) is 7.30. The number of aryl methyl sites for hydroxylation is 1. The Balaban J connectivity index is 1.17. The summed E-state index contributed by atoms with van der Waals surface area (Å²) in [5.74, 6) is 1.62. The quantitative estimate of drug-likeness (QED) is 0.213. The number of hydrogen-bond donors (Lipinski definition) is 1. The highest BCUT2D eigenvalue weighted by Gasteiger charge is 2.24. The van der Waals surface area contributed by atoms with Crippen LogP contribution in [0, 0.1) is 0 Å². The van der Waals surface area contributed by atoms with Crippen LogP contribution in [0.3, 0.4) is 0 Å². The van der Waals surface area contributed by atoms with Crippen molar-refractivity contribution in [2.45, 2.75) is 31.8 Å². The van der Waals surface area contributed by atoms with Crippen LogP contribution in [0.5, 0.6) is 0 Å². The maximum absolute atomic E-state index is 5.40. The van der Waals surface area contributed by atoms with Crippen LogP contribution in [-0.2, 0) is 12.8 Å². The molecule has 3 heterocycles. The van der Waals surface area contributed by atoms with Crippen molar-refractivity contribution in [2.75, 3.05) is 6.54 Å². The summed E-state index contributed by atoms with van der Waals surface area (Å²) in [5.41, 5.74) is 13.0. The molecule has 1 unspecified atom stereocenters. The van der Waals surface area contributed by atoms with Crippen LogP contribution in [-0.4, -0.2) is 23.2 Å². The average molecular weight is 621 g/mol. The van der Waals surface area contributed by atoms with Gasteiger partial charge in [-0.2, -0.15) is 6.20 Å². The van der Waals surface area contributed by atoms with Gasteiger partial charge >= 0.3 is 0 Å². The first kappa shape index (κ1) is 28.4. The summed E-state index contributed by atoms with van der Waals surface area (Å²) in [5, 5.41) is 10.7. The zero-order chi connectivity index (χ0) is 31.9. The first-order valence-electron chi connectivity index (χ1n) is 16.8. The molecule has 0 radical (unpaired) electrons. The molecule has 0 saturated heterocycles. The number of benzene rings is 4. The van der Waals surface area contributed by atoms with Gasteiger partial charge in [-0.3, -0.25) is 4.98 Å². The Morgan fingerprint density at radius 3 is 2.15 bits per heavy atom. The number of nitrogens with one attached hydrogen (secondary N) is 1. The Bertz CT molecular complexity index is 2240. The molecule has 5 heteroatoms. The highest BCUT2D eigenvalue weighted by Crippen LogP contribution is 2.42. The standard InChI is InChI=1S/C43H34N5/c1-3-12-29(13-4-1)41-46-42(30-14-5-2-6-15-30)48-43(47-41)31-23-21-28(22-24-31)40-37-26-36(32-16-11-25-44-27-32)33-17-7-8-18-34(33)39(37)35-19-9-10-20-38(35)45-40/h1-6,8-9,11-16,18-19,21-26,41H,7,10,17,20,27H2,(H,46,47,48)/q-1. The van der Waals surface area contributed by atoms with E-state index in [1.807, 2.05) is 42.6 Å². The fourth-order valence-electron chi connectivity index (χ4n) is 7.30. The Labute approximate surface area is 280 Å². The number of aromatic nitrogens is 1. The molecule has 0 spiro atoms. The summed E-state index contributed by atoms with van der Waals surface area (Å²) in [4.78, 5) is 15.5. The molecule has 0 amide bonds. The second kappa shape index (κ2) is 12.1. The van der Waals surface area contributed by atoms with E-state index in [9.17, 15) is 0 Å². The van der Waals surface area contributed by atoms with Gasteiger partial charge in [0.05, 0.1) is 5.69 Å². The van der Waals surface area contributed by atoms with Crippen molar-refractivity contribution in [1.82, 2.24) is 10.3 Å². The van der Waals surface area contributed by atoms with Gasteiger partial charge in [-0.25, -0.2) is 9.98 Å². The summed E-state index contributed by atoms with van der Waals surface area (Å²) < 4.78 is 0. The summed E-state index contributed by atoms with van der Waals surface area (Å²) in [6.07, 6.45) is 19.2. The molecule has 1 N–H and O–H groups in total. The van der Waals surface area contributed by atoms with Crippen molar-refractivity contribution in [2.24, 2.45) is 9.98 Å². The number of fused-ring (bicyclic) bond motifs is 5. The second-order valence-electron chi connectivity index (χ2n) is 12.6. The zero-order valence-corrected chi connectivity index (χ0v) is 26.6. The SMILES string of the molecule is C1=C[N-]CC(c2cc3c(-c4ccc(C5=NC(c6ccccc6)N=C(c6ccccc6)N5)cc4)nc4c(c3c3c2CCC=C3)C=CCC4)=C1. The lowest BCUT2D eigenvalue weighted by atomic mass is 9.81. The lowest BCUT2D eigenvalue weighted by molar-refractivity contribution is 0.756. The van der Waals surface area contributed by atoms with Gasteiger partial charge in [0.1, 0.15) is 11.7 Å². The monoisotopic (exact) mass is 620 g/mol. The Morgan fingerprint density at radius 1 is 0.708 bits per heavy atom. The van der Waals surface area contributed by atoms with E-state index in [1.165, 1.54) is 44.3 Å². The topological polar surface area (TPSA) is 63.7 Å². The smallest absolute Gasteiger partial charge is 0.169 e. The van der Waals surface area contributed by atoms with E-state index in [2.05, 4.69) is 102 Å². The predicted molar refractivity (Wildman–Crippen MR) is 199 cm³/mol. The van der Waals surface area contributed by atoms with Crippen molar-refractivity contribution < 1.29 is 0 Å². The van der Waals surface area contributed by atoms with Gasteiger partial charge in [-0.05, 0) is 54.0 Å². The Hall–Kier alpha value is -5.81. The van der Waals surface area contributed by atoms with Crippen LogP contribution in [0.25, 0.3) is 45.1 Å². The van der Waals surface area contributed by atoms with Crippen LogP contribution < -0.4 is 5.32 Å². The van der Waals surface area contributed by atoms with Gasteiger partial charge in [0.2, 0.25) is 0 Å². The molecule has 5 nitrogen and oxygen atoms in total. The van der Waals surface area contributed by atoms with Gasteiger partial charge in [-0.1, -0.05) is 127 Å². The maximum Gasteiger partial charge on any atom is 0.169 e. The lowest BCUT2D eigenvalue weighted by Crippen LogP contribution is -2.36. The number of pyridine rings is 1. The van der Waals surface area contributed by atoms with Crippen molar-refractivity contribution in [3.63, 3.8) is 0 Å². The van der Waals surface area contributed by atoms with Crippen LogP contribution >= 0.6 is 0 Å². The molecule has 1 aromatic heterocycles. The molecular weight excluding hydrogens is 587 g/mol. The van der Waals surface area contributed by atoms with Crippen molar-refractivity contribution in [1.29, 1.82) is 0 Å². The van der Waals surface area contributed by atoms with E-state index in [0.717, 1.165) is 65.3 Å². The van der Waals surface area contributed by atoms with Gasteiger partial charge in [0.25, 0.3) is 0 Å². The minimum Gasteiger partial charge on any atom is -0.687 e. The Kier molecular flexibility index (Phi) is 7.16. The summed E-state index contributed by atoms with van der Waals surface area (Å²) in [7, 11) is 0. The molecule has 0 bridgehead atoms. The molecule has 0 saturated carbocycles. The van der Waals surface area contributed by atoms with Crippen LogP contribution in [0.4, 0.5) is 0 Å². The van der Waals surface area contributed by atoms with E-state index >= 15 is 0 Å². The lowest BCUT2D eigenvalue weighted by Gasteiger charge is -2.28. The minimum atomic E-state index is -0.329. The van der Waals surface area contributed by atoms with Crippen LogP contribution in [0.1, 0.15) is 63.6 Å². The normalized spacial score (nSPS) is 17.8. The molecule has 9 rings (SSSR count). The number of nitrogens with zero attached hydrogens (tertiary/aromatic N) is 4. The number of aliphatic imine (C=N–C) groups is 2. The fraction of sp³-hybridized carbons (Fsp3) is 0.140. The summed E-state index contributed by atoms with van der Waals surface area (Å²) in [6, 6.07) is 31.7. The molecular formula is C43H34N5-.